The molecule has 0 saturated carbocycles. The fourth-order valence-electron chi connectivity index (χ4n) is 4.35. The van der Waals surface area contributed by atoms with E-state index in [1.807, 2.05) is 18.2 Å². The molecule has 39 heavy (non-hydrogen) atoms. The van der Waals surface area contributed by atoms with Crippen molar-refractivity contribution in [3.05, 3.63) is 76.8 Å². The number of sulfonamides is 1. The maximum absolute atomic E-state index is 13.1. The zero-order valence-electron chi connectivity index (χ0n) is 21.0. The Hall–Kier alpha value is -3.80. The molecule has 0 unspecified atom stereocenters. The van der Waals surface area contributed by atoms with E-state index in [0.29, 0.717) is 53.0 Å². The lowest BCUT2D eigenvalue weighted by molar-refractivity contribution is -0.124. The van der Waals surface area contributed by atoms with Crippen LogP contribution in [0.1, 0.15) is 24.0 Å². The highest BCUT2D eigenvalue weighted by Crippen LogP contribution is 2.34. The third kappa shape index (κ3) is 5.95. The summed E-state index contributed by atoms with van der Waals surface area (Å²) in [7, 11) is -2.32. The Bertz CT molecular complexity index is 1500. The van der Waals surface area contributed by atoms with E-state index in [4.69, 9.17) is 30.5 Å². The molecule has 5 rings (SSSR count). The first kappa shape index (κ1) is 26.8. The molecular weight excluding hydrogens is 546 g/mol. The van der Waals surface area contributed by atoms with Crippen LogP contribution in [0.15, 0.2) is 70.7 Å². The van der Waals surface area contributed by atoms with Crippen LogP contribution in [0.5, 0.6) is 23.0 Å². The Morgan fingerprint density at radius 2 is 1.90 bits per heavy atom. The molecule has 2 aliphatic heterocycles. The molecule has 0 bridgehead atoms. The summed E-state index contributed by atoms with van der Waals surface area (Å²) >= 11 is 5.88. The number of hydrazone groups is 1. The monoisotopic (exact) mass is 571 g/mol. The van der Waals surface area contributed by atoms with Crippen molar-refractivity contribution < 1.29 is 32.2 Å². The molecule has 1 atom stereocenters. The normalized spacial score (nSPS) is 16.9. The van der Waals surface area contributed by atoms with Gasteiger partial charge in [-0.3, -0.25) is 4.79 Å². The largest absolute Gasteiger partial charge is 0.493 e. The summed E-state index contributed by atoms with van der Waals surface area (Å²) in [6.45, 7) is 0.753. The number of fused-ring (bicyclic) bond motifs is 1. The average molecular weight is 572 g/mol. The number of amides is 1. The van der Waals surface area contributed by atoms with Gasteiger partial charge < -0.3 is 18.9 Å². The molecule has 1 N–H and O–H groups in total. The van der Waals surface area contributed by atoms with Gasteiger partial charge in [0.25, 0.3) is 5.91 Å². The van der Waals surface area contributed by atoms with Crippen molar-refractivity contribution in [1.82, 2.24) is 9.73 Å². The molecule has 0 aliphatic carbocycles. The van der Waals surface area contributed by atoms with E-state index in [1.54, 1.807) is 18.2 Å². The summed E-state index contributed by atoms with van der Waals surface area (Å²) in [6.07, 6.45) is 2.42. The number of halogens is 1. The SMILES string of the molecule is COc1cc(/C=N\NC(=O)[C@@H]2CCCN2S(=O)(=O)c2ccc(Cl)cc2)ccc1OCc1ccc2c(c1)OCO2. The van der Waals surface area contributed by atoms with E-state index in [2.05, 4.69) is 10.5 Å². The molecule has 0 aromatic heterocycles. The lowest BCUT2D eigenvalue weighted by Crippen LogP contribution is -2.44. The molecule has 12 heteroatoms. The minimum atomic E-state index is -3.85. The van der Waals surface area contributed by atoms with Gasteiger partial charge in [-0.05, 0) is 78.6 Å². The van der Waals surface area contributed by atoms with Crippen molar-refractivity contribution >= 4 is 33.7 Å². The van der Waals surface area contributed by atoms with Crippen molar-refractivity contribution in [3.8, 4) is 23.0 Å². The van der Waals surface area contributed by atoms with Crippen LogP contribution in [-0.2, 0) is 21.4 Å². The molecule has 10 nitrogen and oxygen atoms in total. The maximum atomic E-state index is 13.1. The van der Waals surface area contributed by atoms with Crippen LogP contribution in [0, 0.1) is 0 Å². The number of rotatable bonds is 9. The molecule has 1 saturated heterocycles. The van der Waals surface area contributed by atoms with Gasteiger partial charge in [-0.25, -0.2) is 13.8 Å². The van der Waals surface area contributed by atoms with Crippen LogP contribution in [0.4, 0.5) is 0 Å². The fraction of sp³-hybridized carbons (Fsp3) is 0.259. The minimum absolute atomic E-state index is 0.0861. The van der Waals surface area contributed by atoms with E-state index >= 15 is 0 Å². The van der Waals surface area contributed by atoms with Gasteiger partial charge in [-0.1, -0.05) is 17.7 Å². The predicted molar refractivity (Wildman–Crippen MR) is 144 cm³/mol. The highest BCUT2D eigenvalue weighted by Gasteiger charge is 2.39. The number of carbonyl (C=O) groups excluding carboxylic acids is 1. The van der Waals surface area contributed by atoms with E-state index in [9.17, 15) is 13.2 Å². The minimum Gasteiger partial charge on any atom is -0.493 e. The molecule has 3 aromatic rings. The van der Waals surface area contributed by atoms with Gasteiger partial charge >= 0.3 is 0 Å². The number of nitrogens with zero attached hydrogens (tertiary/aromatic N) is 2. The Morgan fingerprint density at radius 1 is 1.10 bits per heavy atom. The van der Waals surface area contributed by atoms with Crippen LogP contribution < -0.4 is 24.4 Å². The lowest BCUT2D eigenvalue weighted by atomic mass is 10.2. The van der Waals surface area contributed by atoms with Gasteiger partial charge in [0.15, 0.2) is 23.0 Å². The summed E-state index contributed by atoms with van der Waals surface area (Å²) in [5.41, 5.74) is 4.03. The number of hydrogen-bond acceptors (Lipinski definition) is 8. The van der Waals surface area contributed by atoms with Crippen molar-refractivity contribution in [2.45, 2.75) is 30.4 Å². The Morgan fingerprint density at radius 3 is 2.69 bits per heavy atom. The van der Waals surface area contributed by atoms with Crippen molar-refractivity contribution in [3.63, 3.8) is 0 Å². The van der Waals surface area contributed by atoms with Crippen LogP contribution in [0.3, 0.4) is 0 Å². The van der Waals surface area contributed by atoms with Crippen LogP contribution >= 0.6 is 11.6 Å². The molecule has 0 spiro atoms. The van der Waals surface area contributed by atoms with E-state index in [-0.39, 0.29) is 18.2 Å². The van der Waals surface area contributed by atoms with Crippen molar-refractivity contribution in [2.24, 2.45) is 5.10 Å². The Kier molecular flexibility index (Phi) is 7.92. The number of methoxy groups -OCH3 is 1. The zero-order valence-corrected chi connectivity index (χ0v) is 22.6. The lowest BCUT2D eigenvalue weighted by Gasteiger charge is -2.22. The van der Waals surface area contributed by atoms with E-state index in [0.717, 1.165) is 5.56 Å². The summed E-state index contributed by atoms with van der Waals surface area (Å²) < 4.78 is 49.5. The smallest absolute Gasteiger partial charge is 0.258 e. The molecule has 3 aromatic carbocycles. The molecular formula is C27H26ClN3O7S. The van der Waals surface area contributed by atoms with Crippen molar-refractivity contribution in [2.75, 3.05) is 20.4 Å². The molecule has 1 fully saturated rings. The number of ether oxygens (including phenoxy) is 4. The summed E-state index contributed by atoms with van der Waals surface area (Å²) in [4.78, 5) is 12.9. The number of carbonyl (C=O) groups is 1. The third-order valence-electron chi connectivity index (χ3n) is 6.33. The Labute approximate surface area is 231 Å². The molecule has 0 radical (unpaired) electrons. The highest BCUT2D eigenvalue weighted by atomic mass is 35.5. The first-order chi connectivity index (χ1) is 18.8. The average Bonchev–Trinajstić information content (AvgIpc) is 3.62. The molecule has 2 heterocycles. The first-order valence-electron chi connectivity index (χ1n) is 12.1. The van der Waals surface area contributed by atoms with Gasteiger partial charge in [0.05, 0.1) is 18.2 Å². The second-order valence-electron chi connectivity index (χ2n) is 8.85. The first-order valence-corrected chi connectivity index (χ1v) is 14.0. The third-order valence-corrected chi connectivity index (χ3v) is 8.51. The van der Waals surface area contributed by atoms with E-state index < -0.39 is 22.0 Å². The topological polar surface area (TPSA) is 116 Å². The number of benzene rings is 3. The molecule has 204 valence electrons. The molecule has 1 amide bonds. The van der Waals surface area contributed by atoms with Gasteiger partial charge in [-0.15, -0.1) is 0 Å². The second kappa shape index (κ2) is 11.5. The molecule has 2 aliphatic rings. The maximum Gasteiger partial charge on any atom is 0.258 e. The van der Waals surface area contributed by atoms with Gasteiger partial charge in [0, 0.05) is 11.6 Å². The predicted octanol–water partition coefficient (Wildman–Crippen LogP) is 3.96. The summed E-state index contributed by atoms with van der Waals surface area (Å²) in [5.74, 6) is 1.90. The standard InChI is InChI=1S/C27H26ClN3O7S/c1-35-25-13-18(4-10-23(25)36-16-19-5-11-24-26(14-19)38-17-37-24)15-29-30-27(32)22-3-2-12-31(22)39(33,34)21-8-6-20(28)7-9-21/h4-11,13-15,22H,2-3,12,16-17H2,1H3,(H,30,32)/b29-15-/t22-/m0/s1. The van der Waals surface area contributed by atoms with Gasteiger partial charge in [0.1, 0.15) is 12.6 Å². The van der Waals surface area contributed by atoms with Crippen molar-refractivity contribution in [1.29, 1.82) is 0 Å². The Balaban J connectivity index is 1.20. The quantitative estimate of drug-likeness (QED) is 0.305. The van der Waals surface area contributed by atoms with Gasteiger partial charge in [-0.2, -0.15) is 9.41 Å². The number of hydrogen-bond donors (Lipinski definition) is 1. The van der Waals surface area contributed by atoms with Crippen LogP contribution in [0.25, 0.3) is 0 Å². The number of nitrogens with one attached hydrogen (secondary N) is 1. The zero-order chi connectivity index (χ0) is 27.4. The highest BCUT2D eigenvalue weighted by molar-refractivity contribution is 7.89. The van der Waals surface area contributed by atoms with Crippen LogP contribution in [-0.4, -0.2) is 51.3 Å². The summed E-state index contributed by atoms with van der Waals surface area (Å²) in [5, 5.41) is 4.46. The summed E-state index contributed by atoms with van der Waals surface area (Å²) in [6, 6.07) is 15.8. The van der Waals surface area contributed by atoms with Gasteiger partial charge in [0.2, 0.25) is 16.8 Å². The van der Waals surface area contributed by atoms with E-state index in [1.165, 1.54) is 41.9 Å². The fourth-order valence-corrected chi connectivity index (χ4v) is 6.13. The van der Waals surface area contributed by atoms with Crippen LogP contribution in [0.2, 0.25) is 5.02 Å². The second-order valence-corrected chi connectivity index (χ2v) is 11.2.